The van der Waals surface area contributed by atoms with Crippen molar-refractivity contribution in [3.8, 4) is 0 Å². The number of nitrogens with one attached hydrogen (secondary N) is 1. The molecule has 0 amide bonds. The summed E-state index contributed by atoms with van der Waals surface area (Å²) < 4.78 is 0. The van der Waals surface area contributed by atoms with Gasteiger partial charge in [0, 0.05) is 11.8 Å². The summed E-state index contributed by atoms with van der Waals surface area (Å²) in [6.45, 7) is 0.585. The Kier molecular flexibility index (Phi) is 5.04. The van der Waals surface area contributed by atoms with E-state index < -0.39 is 12.2 Å². The Labute approximate surface area is 94.1 Å². The quantitative estimate of drug-likeness (QED) is 0.588. The van der Waals surface area contributed by atoms with Crippen LogP contribution in [0.1, 0.15) is 28.6 Å². The third kappa shape index (κ3) is 3.10. The molecule has 3 N–H and O–H groups in total. The van der Waals surface area contributed by atoms with Gasteiger partial charge in [0.1, 0.15) is 6.10 Å². The highest BCUT2D eigenvalue weighted by atomic mass is 16.3. The van der Waals surface area contributed by atoms with Crippen LogP contribution in [0.4, 0.5) is 0 Å². The zero-order chi connectivity index (χ0) is 12.0. The van der Waals surface area contributed by atoms with Gasteiger partial charge in [-0.3, -0.25) is 9.78 Å². The summed E-state index contributed by atoms with van der Waals surface area (Å²) in [5, 5.41) is 22.4. The molecule has 0 fully saturated rings. The van der Waals surface area contributed by atoms with Gasteiger partial charge in [0.2, 0.25) is 0 Å². The molecular formula is C11H16N2O3. The summed E-state index contributed by atoms with van der Waals surface area (Å²) >= 11 is 0. The Morgan fingerprint density at radius 3 is 2.94 bits per heavy atom. The molecular weight excluding hydrogens is 208 g/mol. The summed E-state index contributed by atoms with van der Waals surface area (Å²) in [6, 6.07) is 3.17. The Morgan fingerprint density at radius 1 is 1.56 bits per heavy atom. The van der Waals surface area contributed by atoms with Gasteiger partial charge in [0.05, 0.1) is 11.8 Å². The first-order chi connectivity index (χ1) is 7.70. The molecule has 0 aromatic carbocycles. The summed E-state index contributed by atoms with van der Waals surface area (Å²) in [6.07, 6.45) is 0.440. The number of aldehydes is 1. The van der Waals surface area contributed by atoms with Gasteiger partial charge in [-0.25, -0.2) is 0 Å². The van der Waals surface area contributed by atoms with E-state index >= 15 is 0 Å². The monoisotopic (exact) mass is 224 g/mol. The van der Waals surface area contributed by atoms with E-state index in [1.807, 2.05) is 0 Å². The third-order valence-corrected chi connectivity index (χ3v) is 2.33. The molecule has 2 unspecified atom stereocenters. The average Bonchev–Trinajstić information content (AvgIpc) is 2.34. The van der Waals surface area contributed by atoms with E-state index in [1.54, 1.807) is 19.2 Å². The lowest BCUT2D eigenvalue weighted by molar-refractivity contribution is 0.0112. The molecule has 1 aromatic heterocycles. The minimum Gasteiger partial charge on any atom is -0.390 e. The first kappa shape index (κ1) is 12.8. The van der Waals surface area contributed by atoms with Crippen LogP contribution in [0.2, 0.25) is 0 Å². The van der Waals surface area contributed by atoms with Gasteiger partial charge in [-0.2, -0.15) is 0 Å². The summed E-state index contributed by atoms with van der Waals surface area (Å²) in [5.41, 5.74) is 0.527. The maximum absolute atomic E-state index is 10.7. The van der Waals surface area contributed by atoms with Crippen molar-refractivity contribution in [1.82, 2.24) is 10.3 Å². The van der Waals surface area contributed by atoms with Crippen molar-refractivity contribution in [3.63, 3.8) is 0 Å². The molecule has 1 heterocycles. The van der Waals surface area contributed by atoms with E-state index in [-0.39, 0.29) is 5.69 Å². The topological polar surface area (TPSA) is 82.4 Å². The molecule has 1 rings (SSSR count). The van der Waals surface area contributed by atoms with Crippen molar-refractivity contribution < 1.29 is 15.0 Å². The summed E-state index contributed by atoms with van der Waals surface area (Å²) in [5.74, 6) is 0. The molecule has 0 aliphatic heterocycles. The van der Waals surface area contributed by atoms with Crippen LogP contribution < -0.4 is 5.32 Å². The van der Waals surface area contributed by atoms with Crippen molar-refractivity contribution >= 4 is 6.29 Å². The maximum Gasteiger partial charge on any atom is 0.151 e. The number of aromatic nitrogens is 1. The van der Waals surface area contributed by atoms with Crippen LogP contribution in [-0.2, 0) is 0 Å². The minimum absolute atomic E-state index is 0.223. The number of pyridine rings is 1. The number of hydrogen-bond acceptors (Lipinski definition) is 5. The molecule has 16 heavy (non-hydrogen) atoms. The van der Waals surface area contributed by atoms with Gasteiger partial charge >= 0.3 is 0 Å². The highest BCUT2D eigenvalue weighted by Gasteiger charge is 2.21. The van der Waals surface area contributed by atoms with Crippen molar-refractivity contribution in [2.75, 3.05) is 13.6 Å². The largest absolute Gasteiger partial charge is 0.390 e. The maximum atomic E-state index is 10.7. The zero-order valence-electron chi connectivity index (χ0n) is 9.13. The van der Waals surface area contributed by atoms with Crippen molar-refractivity contribution in [1.29, 1.82) is 0 Å². The molecule has 0 saturated heterocycles. The normalized spacial score (nSPS) is 14.4. The van der Waals surface area contributed by atoms with Crippen LogP contribution in [0, 0.1) is 0 Å². The van der Waals surface area contributed by atoms with E-state index in [2.05, 4.69) is 10.3 Å². The van der Waals surface area contributed by atoms with Gasteiger partial charge < -0.3 is 15.5 Å². The van der Waals surface area contributed by atoms with Crippen LogP contribution in [0.25, 0.3) is 0 Å². The predicted molar refractivity (Wildman–Crippen MR) is 59.1 cm³/mol. The Bertz CT molecular complexity index is 344. The van der Waals surface area contributed by atoms with Crippen LogP contribution in [0.3, 0.4) is 0 Å². The van der Waals surface area contributed by atoms with Gasteiger partial charge in [-0.1, -0.05) is 0 Å². The van der Waals surface area contributed by atoms with Crippen molar-refractivity contribution in [2.45, 2.75) is 18.6 Å². The number of hydrogen-bond donors (Lipinski definition) is 3. The standard InChI is InChI=1S/C11H16N2O3/c1-12-6-4-9(15)11(16)10-8(7-14)3-2-5-13-10/h2-3,5,7,9,11-12,15-16H,4,6H2,1H3. The van der Waals surface area contributed by atoms with Gasteiger partial charge in [0.25, 0.3) is 0 Å². The highest BCUT2D eigenvalue weighted by molar-refractivity contribution is 5.76. The molecule has 1 aromatic rings. The Balaban J connectivity index is 2.78. The minimum atomic E-state index is -1.13. The number of carbonyl (C=O) groups excluding carboxylic acids is 1. The SMILES string of the molecule is CNCCC(O)C(O)c1ncccc1C=O. The fourth-order valence-electron chi connectivity index (χ4n) is 1.41. The Morgan fingerprint density at radius 2 is 2.31 bits per heavy atom. The van der Waals surface area contributed by atoms with E-state index in [4.69, 9.17) is 0 Å². The Hall–Kier alpha value is -1.30. The first-order valence-electron chi connectivity index (χ1n) is 5.11. The van der Waals surface area contributed by atoms with Crippen LogP contribution in [0.15, 0.2) is 18.3 Å². The molecule has 0 saturated carbocycles. The summed E-state index contributed by atoms with van der Waals surface area (Å²) in [7, 11) is 1.76. The lowest BCUT2D eigenvalue weighted by atomic mass is 10.0. The second kappa shape index (κ2) is 6.32. The number of nitrogens with zero attached hydrogens (tertiary/aromatic N) is 1. The summed E-state index contributed by atoms with van der Waals surface area (Å²) in [4.78, 5) is 14.6. The van der Waals surface area contributed by atoms with Crippen LogP contribution in [-0.4, -0.2) is 41.2 Å². The molecule has 0 spiro atoms. The van der Waals surface area contributed by atoms with E-state index in [0.29, 0.717) is 24.8 Å². The van der Waals surface area contributed by atoms with Crippen LogP contribution in [0.5, 0.6) is 0 Å². The number of aliphatic hydroxyl groups is 2. The van der Waals surface area contributed by atoms with Gasteiger partial charge in [-0.15, -0.1) is 0 Å². The third-order valence-electron chi connectivity index (χ3n) is 2.33. The molecule has 0 radical (unpaired) electrons. The average molecular weight is 224 g/mol. The van der Waals surface area contributed by atoms with Crippen LogP contribution >= 0.6 is 0 Å². The van der Waals surface area contributed by atoms with Gasteiger partial charge in [-0.05, 0) is 32.1 Å². The first-order valence-corrected chi connectivity index (χ1v) is 5.11. The molecule has 0 aliphatic carbocycles. The number of rotatable bonds is 6. The number of aliphatic hydroxyl groups excluding tert-OH is 2. The molecule has 0 aliphatic rings. The van der Waals surface area contributed by atoms with Crippen molar-refractivity contribution in [3.05, 3.63) is 29.6 Å². The van der Waals surface area contributed by atoms with E-state index in [9.17, 15) is 15.0 Å². The fraction of sp³-hybridized carbons (Fsp3) is 0.455. The second-order valence-electron chi connectivity index (χ2n) is 3.50. The zero-order valence-corrected chi connectivity index (χ0v) is 9.13. The lowest BCUT2D eigenvalue weighted by Crippen LogP contribution is -2.24. The van der Waals surface area contributed by atoms with Gasteiger partial charge in [0.15, 0.2) is 6.29 Å². The molecule has 0 bridgehead atoms. The number of carbonyl (C=O) groups is 1. The predicted octanol–water partition coefficient (Wildman–Crippen LogP) is -0.102. The highest BCUT2D eigenvalue weighted by Crippen LogP contribution is 2.19. The molecule has 2 atom stereocenters. The smallest absolute Gasteiger partial charge is 0.151 e. The fourth-order valence-corrected chi connectivity index (χ4v) is 1.41. The van der Waals surface area contributed by atoms with E-state index in [0.717, 1.165) is 0 Å². The van der Waals surface area contributed by atoms with E-state index in [1.165, 1.54) is 6.20 Å². The second-order valence-corrected chi connectivity index (χ2v) is 3.50. The molecule has 5 heteroatoms. The molecule has 5 nitrogen and oxygen atoms in total. The molecule has 88 valence electrons. The lowest BCUT2D eigenvalue weighted by Gasteiger charge is -2.18. The van der Waals surface area contributed by atoms with Crippen molar-refractivity contribution in [2.24, 2.45) is 0 Å².